The summed E-state index contributed by atoms with van der Waals surface area (Å²) in [5, 5.41) is 10.3. The number of nitrogens with zero attached hydrogens (tertiary/aromatic N) is 1. The normalized spacial score (nSPS) is 23.3. The first-order valence-corrected chi connectivity index (χ1v) is 5.74. The van der Waals surface area contributed by atoms with Gasteiger partial charge >= 0.3 is 0 Å². The van der Waals surface area contributed by atoms with E-state index in [1.807, 2.05) is 24.3 Å². The minimum absolute atomic E-state index is 0.258. The molecular weight excluding hydrogens is 202 g/mol. The standard InChI is InChI=1S/C13H19NO2/c1-14-9-3-4-12(14)13(15)10-5-7-11(16-2)8-6-10/h5-8,12-13,15H,3-4,9H2,1-2H3/t12-,13+/m0/s1. The molecule has 0 spiro atoms. The van der Waals surface area contributed by atoms with Crippen molar-refractivity contribution in [2.24, 2.45) is 0 Å². The molecule has 2 rings (SSSR count). The van der Waals surface area contributed by atoms with Gasteiger partial charge in [-0.3, -0.25) is 0 Å². The van der Waals surface area contributed by atoms with Crippen molar-refractivity contribution in [2.75, 3.05) is 20.7 Å². The molecule has 1 aliphatic heterocycles. The number of hydrogen-bond acceptors (Lipinski definition) is 3. The third-order valence-corrected chi connectivity index (χ3v) is 3.40. The molecular formula is C13H19NO2. The molecule has 16 heavy (non-hydrogen) atoms. The predicted octanol–water partition coefficient (Wildman–Crippen LogP) is 1.82. The van der Waals surface area contributed by atoms with E-state index >= 15 is 0 Å². The molecule has 0 amide bonds. The lowest BCUT2D eigenvalue weighted by Gasteiger charge is -2.25. The third-order valence-electron chi connectivity index (χ3n) is 3.40. The Kier molecular flexibility index (Phi) is 3.46. The van der Waals surface area contributed by atoms with Crippen LogP contribution < -0.4 is 4.74 Å². The second kappa shape index (κ2) is 4.85. The summed E-state index contributed by atoms with van der Waals surface area (Å²) in [7, 11) is 3.72. The molecule has 0 bridgehead atoms. The SMILES string of the molecule is COc1ccc([C@@H](O)[C@@H]2CCCN2C)cc1. The topological polar surface area (TPSA) is 32.7 Å². The van der Waals surface area contributed by atoms with E-state index in [-0.39, 0.29) is 6.04 Å². The smallest absolute Gasteiger partial charge is 0.118 e. The average Bonchev–Trinajstić information content (AvgIpc) is 2.75. The number of aliphatic hydroxyl groups is 1. The summed E-state index contributed by atoms with van der Waals surface area (Å²) in [6.07, 6.45) is 1.86. The quantitative estimate of drug-likeness (QED) is 0.845. The maximum absolute atomic E-state index is 10.3. The molecule has 3 heteroatoms. The highest BCUT2D eigenvalue weighted by atomic mass is 16.5. The van der Waals surface area contributed by atoms with E-state index < -0.39 is 6.10 Å². The van der Waals surface area contributed by atoms with Crippen LogP contribution in [0.15, 0.2) is 24.3 Å². The maximum Gasteiger partial charge on any atom is 0.118 e. The van der Waals surface area contributed by atoms with Crippen molar-refractivity contribution >= 4 is 0 Å². The molecule has 0 aromatic heterocycles. The van der Waals surface area contributed by atoms with Crippen molar-refractivity contribution in [1.29, 1.82) is 0 Å². The summed E-state index contributed by atoms with van der Waals surface area (Å²) in [6, 6.07) is 7.93. The summed E-state index contributed by atoms with van der Waals surface area (Å²) in [5.41, 5.74) is 0.972. The fourth-order valence-corrected chi connectivity index (χ4v) is 2.36. The van der Waals surface area contributed by atoms with Crippen LogP contribution in [-0.2, 0) is 0 Å². The van der Waals surface area contributed by atoms with Crippen LogP contribution in [0.25, 0.3) is 0 Å². The molecule has 0 saturated carbocycles. The predicted molar refractivity (Wildman–Crippen MR) is 63.6 cm³/mol. The van der Waals surface area contributed by atoms with Gasteiger partial charge in [0.05, 0.1) is 13.2 Å². The molecule has 1 saturated heterocycles. The highest BCUT2D eigenvalue weighted by Crippen LogP contribution is 2.28. The number of likely N-dealkylation sites (N-methyl/N-ethyl adjacent to an activating group) is 1. The zero-order chi connectivity index (χ0) is 11.5. The number of rotatable bonds is 3. The first-order chi connectivity index (χ1) is 7.72. The van der Waals surface area contributed by atoms with Crippen LogP contribution in [0.3, 0.4) is 0 Å². The van der Waals surface area contributed by atoms with Gasteiger partial charge in [0, 0.05) is 6.04 Å². The molecule has 1 N–H and O–H groups in total. The van der Waals surface area contributed by atoms with Crippen LogP contribution in [0.5, 0.6) is 5.75 Å². The van der Waals surface area contributed by atoms with Gasteiger partial charge in [-0.05, 0) is 44.1 Å². The molecule has 1 aromatic rings. The molecule has 0 aliphatic carbocycles. The number of benzene rings is 1. The van der Waals surface area contributed by atoms with E-state index in [2.05, 4.69) is 11.9 Å². The monoisotopic (exact) mass is 221 g/mol. The molecule has 1 aliphatic rings. The van der Waals surface area contributed by atoms with E-state index in [1.165, 1.54) is 6.42 Å². The first-order valence-electron chi connectivity index (χ1n) is 5.74. The first kappa shape index (κ1) is 11.4. The lowest BCUT2D eigenvalue weighted by molar-refractivity contribution is 0.0856. The molecule has 1 aromatic carbocycles. The second-order valence-electron chi connectivity index (χ2n) is 4.41. The summed E-state index contributed by atoms with van der Waals surface area (Å²) in [5.74, 6) is 0.829. The Morgan fingerprint density at radius 3 is 2.56 bits per heavy atom. The Labute approximate surface area is 96.6 Å². The zero-order valence-corrected chi connectivity index (χ0v) is 9.89. The fraction of sp³-hybridized carbons (Fsp3) is 0.538. The second-order valence-corrected chi connectivity index (χ2v) is 4.41. The zero-order valence-electron chi connectivity index (χ0n) is 9.89. The Morgan fingerprint density at radius 2 is 2.06 bits per heavy atom. The van der Waals surface area contributed by atoms with Gasteiger partial charge in [-0.2, -0.15) is 0 Å². The van der Waals surface area contributed by atoms with Crippen molar-refractivity contribution in [2.45, 2.75) is 25.0 Å². The van der Waals surface area contributed by atoms with Crippen molar-refractivity contribution in [3.05, 3.63) is 29.8 Å². The van der Waals surface area contributed by atoms with Crippen molar-refractivity contribution in [3.8, 4) is 5.75 Å². The van der Waals surface area contributed by atoms with Crippen molar-refractivity contribution < 1.29 is 9.84 Å². The molecule has 2 atom stereocenters. The molecule has 1 heterocycles. The van der Waals surface area contributed by atoms with Crippen molar-refractivity contribution in [1.82, 2.24) is 4.90 Å². The van der Waals surface area contributed by atoms with Crippen LogP contribution in [0, 0.1) is 0 Å². The van der Waals surface area contributed by atoms with Gasteiger partial charge in [0.15, 0.2) is 0 Å². The maximum atomic E-state index is 10.3. The molecule has 88 valence electrons. The lowest BCUT2D eigenvalue weighted by Crippen LogP contribution is -2.31. The van der Waals surface area contributed by atoms with Crippen LogP contribution in [0.4, 0.5) is 0 Å². The van der Waals surface area contributed by atoms with E-state index in [9.17, 15) is 5.11 Å². The van der Waals surface area contributed by atoms with E-state index in [0.29, 0.717) is 0 Å². The van der Waals surface area contributed by atoms with Gasteiger partial charge in [-0.25, -0.2) is 0 Å². The number of aliphatic hydroxyl groups excluding tert-OH is 1. The minimum atomic E-state index is -0.390. The Hall–Kier alpha value is -1.06. The van der Waals surface area contributed by atoms with E-state index in [0.717, 1.165) is 24.3 Å². The number of likely N-dealkylation sites (tertiary alicyclic amines) is 1. The van der Waals surface area contributed by atoms with Gasteiger partial charge in [0.1, 0.15) is 5.75 Å². The van der Waals surface area contributed by atoms with Gasteiger partial charge in [0.2, 0.25) is 0 Å². The fourth-order valence-electron chi connectivity index (χ4n) is 2.36. The number of hydrogen-bond donors (Lipinski definition) is 1. The van der Waals surface area contributed by atoms with Crippen LogP contribution in [0.2, 0.25) is 0 Å². The molecule has 0 unspecified atom stereocenters. The van der Waals surface area contributed by atoms with Crippen LogP contribution in [0.1, 0.15) is 24.5 Å². The van der Waals surface area contributed by atoms with Gasteiger partial charge in [0.25, 0.3) is 0 Å². The minimum Gasteiger partial charge on any atom is -0.497 e. The highest BCUT2D eigenvalue weighted by molar-refractivity contribution is 5.29. The lowest BCUT2D eigenvalue weighted by atomic mass is 10.0. The largest absolute Gasteiger partial charge is 0.497 e. The number of ether oxygens (including phenoxy) is 1. The van der Waals surface area contributed by atoms with Gasteiger partial charge < -0.3 is 14.7 Å². The summed E-state index contributed by atoms with van der Waals surface area (Å²) < 4.78 is 5.10. The summed E-state index contributed by atoms with van der Waals surface area (Å²) in [4.78, 5) is 2.23. The van der Waals surface area contributed by atoms with E-state index in [4.69, 9.17) is 4.74 Å². The third kappa shape index (κ3) is 2.20. The summed E-state index contributed by atoms with van der Waals surface area (Å²) >= 11 is 0. The van der Waals surface area contributed by atoms with E-state index in [1.54, 1.807) is 7.11 Å². The number of methoxy groups -OCH3 is 1. The molecule has 0 radical (unpaired) electrons. The highest BCUT2D eigenvalue weighted by Gasteiger charge is 2.28. The molecule has 1 fully saturated rings. The average molecular weight is 221 g/mol. The van der Waals surface area contributed by atoms with Crippen LogP contribution in [-0.4, -0.2) is 36.8 Å². The van der Waals surface area contributed by atoms with Gasteiger partial charge in [-0.15, -0.1) is 0 Å². The van der Waals surface area contributed by atoms with Crippen molar-refractivity contribution in [3.63, 3.8) is 0 Å². The Balaban J connectivity index is 2.10. The Bertz CT molecular complexity index is 336. The summed E-state index contributed by atoms with van der Waals surface area (Å²) in [6.45, 7) is 1.08. The molecule has 3 nitrogen and oxygen atoms in total. The Morgan fingerprint density at radius 1 is 1.38 bits per heavy atom. The van der Waals surface area contributed by atoms with Crippen LogP contribution >= 0.6 is 0 Å². The van der Waals surface area contributed by atoms with Gasteiger partial charge in [-0.1, -0.05) is 12.1 Å².